The van der Waals surface area contributed by atoms with Crippen LogP contribution in [0, 0.1) is 0 Å². The second kappa shape index (κ2) is 6.43. The van der Waals surface area contributed by atoms with Gasteiger partial charge in [0.2, 0.25) is 0 Å². The molecule has 2 N–H and O–H groups in total. The molecule has 0 aliphatic heterocycles. The Bertz CT molecular complexity index is 271. The summed E-state index contributed by atoms with van der Waals surface area (Å²) in [5.74, 6) is 0. The predicted molar refractivity (Wildman–Crippen MR) is 64.1 cm³/mol. The first-order valence-electron chi connectivity index (χ1n) is 5.27. The van der Waals surface area contributed by atoms with E-state index < -0.39 is 0 Å². The van der Waals surface area contributed by atoms with Crippen LogP contribution in [0.1, 0.15) is 12.0 Å². The molecule has 0 unspecified atom stereocenters. The molecule has 0 saturated carbocycles. The van der Waals surface area contributed by atoms with Crippen molar-refractivity contribution < 1.29 is 4.74 Å². The average Bonchev–Trinajstić information content (AvgIpc) is 2.29. The van der Waals surface area contributed by atoms with E-state index in [0.29, 0.717) is 6.54 Å². The fourth-order valence-corrected chi connectivity index (χ4v) is 1.46. The van der Waals surface area contributed by atoms with Crippen LogP contribution < -0.4 is 10.6 Å². The molecular weight excluding hydrogens is 188 g/mol. The molecule has 0 fully saturated rings. The normalized spacial score (nSPS) is 10.3. The average molecular weight is 208 g/mol. The van der Waals surface area contributed by atoms with E-state index in [1.54, 1.807) is 7.11 Å². The van der Waals surface area contributed by atoms with Crippen LogP contribution in [0.4, 0.5) is 5.69 Å². The Kier molecular flexibility index (Phi) is 5.15. The molecule has 0 saturated heterocycles. The van der Waals surface area contributed by atoms with Crippen molar-refractivity contribution in [1.82, 2.24) is 0 Å². The first-order valence-corrected chi connectivity index (χ1v) is 5.27. The maximum absolute atomic E-state index is 5.54. The maximum Gasteiger partial charge on any atom is 0.0479 e. The molecule has 0 radical (unpaired) electrons. The molecule has 0 spiro atoms. The maximum atomic E-state index is 5.54. The summed E-state index contributed by atoms with van der Waals surface area (Å²) in [6.07, 6.45) is 1.05. The second-order valence-corrected chi connectivity index (χ2v) is 3.64. The van der Waals surface area contributed by atoms with Crippen LogP contribution in [0.2, 0.25) is 0 Å². The Morgan fingerprint density at radius 2 is 1.93 bits per heavy atom. The number of benzene rings is 1. The SMILES string of the molecule is COCCCN(C)c1ccc(CN)cc1. The molecule has 0 aromatic heterocycles. The summed E-state index contributed by atoms with van der Waals surface area (Å²) in [5, 5.41) is 0. The molecule has 15 heavy (non-hydrogen) atoms. The molecule has 0 heterocycles. The third-order valence-corrected chi connectivity index (χ3v) is 2.45. The Balaban J connectivity index is 2.46. The lowest BCUT2D eigenvalue weighted by Crippen LogP contribution is -2.19. The Labute approximate surface area is 91.8 Å². The molecule has 1 aromatic rings. The molecule has 0 aliphatic rings. The lowest BCUT2D eigenvalue weighted by Gasteiger charge is -2.19. The van der Waals surface area contributed by atoms with Gasteiger partial charge in [0.15, 0.2) is 0 Å². The van der Waals surface area contributed by atoms with Crippen molar-refractivity contribution in [1.29, 1.82) is 0 Å². The highest BCUT2D eigenvalue weighted by molar-refractivity contribution is 5.46. The fourth-order valence-electron chi connectivity index (χ4n) is 1.46. The van der Waals surface area contributed by atoms with E-state index in [1.165, 1.54) is 11.3 Å². The topological polar surface area (TPSA) is 38.5 Å². The third kappa shape index (κ3) is 3.90. The van der Waals surface area contributed by atoms with Gasteiger partial charge in [-0.2, -0.15) is 0 Å². The summed E-state index contributed by atoms with van der Waals surface area (Å²) in [6, 6.07) is 8.36. The number of hydrogen-bond donors (Lipinski definition) is 1. The largest absolute Gasteiger partial charge is 0.385 e. The number of anilines is 1. The van der Waals surface area contributed by atoms with Gasteiger partial charge in [-0.25, -0.2) is 0 Å². The van der Waals surface area contributed by atoms with Crippen LogP contribution in [0.5, 0.6) is 0 Å². The first-order chi connectivity index (χ1) is 7.27. The fraction of sp³-hybridized carbons (Fsp3) is 0.500. The minimum Gasteiger partial charge on any atom is -0.385 e. The summed E-state index contributed by atoms with van der Waals surface area (Å²) >= 11 is 0. The van der Waals surface area contributed by atoms with Crippen molar-refractivity contribution in [3.8, 4) is 0 Å². The highest BCUT2D eigenvalue weighted by Crippen LogP contribution is 2.13. The highest BCUT2D eigenvalue weighted by Gasteiger charge is 1.99. The monoisotopic (exact) mass is 208 g/mol. The van der Waals surface area contributed by atoms with E-state index in [0.717, 1.165) is 19.6 Å². The Hall–Kier alpha value is -1.06. The predicted octanol–water partition coefficient (Wildman–Crippen LogP) is 1.62. The molecular formula is C12H20N2O. The first kappa shape index (κ1) is 12.0. The van der Waals surface area contributed by atoms with E-state index in [-0.39, 0.29) is 0 Å². The van der Waals surface area contributed by atoms with Crippen LogP contribution in [-0.2, 0) is 11.3 Å². The van der Waals surface area contributed by atoms with Gasteiger partial charge in [-0.15, -0.1) is 0 Å². The quantitative estimate of drug-likeness (QED) is 0.722. The molecule has 3 heteroatoms. The van der Waals surface area contributed by atoms with E-state index in [4.69, 9.17) is 10.5 Å². The minimum absolute atomic E-state index is 0.605. The van der Waals surface area contributed by atoms with Gasteiger partial charge >= 0.3 is 0 Å². The molecule has 3 nitrogen and oxygen atoms in total. The van der Waals surface area contributed by atoms with Gasteiger partial charge in [-0.1, -0.05) is 12.1 Å². The number of nitrogens with zero attached hydrogens (tertiary/aromatic N) is 1. The second-order valence-electron chi connectivity index (χ2n) is 3.64. The highest BCUT2D eigenvalue weighted by atomic mass is 16.5. The van der Waals surface area contributed by atoms with Crippen LogP contribution in [0.25, 0.3) is 0 Å². The van der Waals surface area contributed by atoms with Crippen molar-refractivity contribution in [2.24, 2.45) is 5.73 Å². The van der Waals surface area contributed by atoms with Crippen molar-refractivity contribution in [3.63, 3.8) is 0 Å². The number of nitrogens with two attached hydrogens (primary N) is 1. The molecule has 1 aromatic carbocycles. The molecule has 84 valence electrons. The van der Waals surface area contributed by atoms with Gasteiger partial charge in [0, 0.05) is 39.5 Å². The molecule has 0 amide bonds. The molecule has 0 bridgehead atoms. The molecule has 0 aliphatic carbocycles. The Morgan fingerprint density at radius 1 is 1.27 bits per heavy atom. The summed E-state index contributed by atoms with van der Waals surface area (Å²) < 4.78 is 5.02. The van der Waals surface area contributed by atoms with Gasteiger partial charge in [0.25, 0.3) is 0 Å². The standard InChI is InChI=1S/C12H20N2O/c1-14(8-3-9-15-2)12-6-4-11(10-13)5-7-12/h4-7H,3,8-10,13H2,1-2H3. The van der Waals surface area contributed by atoms with Crippen LogP contribution >= 0.6 is 0 Å². The van der Waals surface area contributed by atoms with E-state index in [1.807, 2.05) is 0 Å². The number of hydrogen-bond acceptors (Lipinski definition) is 3. The lowest BCUT2D eigenvalue weighted by atomic mass is 10.2. The van der Waals surface area contributed by atoms with Gasteiger partial charge < -0.3 is 15.4 Å². The lowest BCUT2D eigenvalue weighted by molar-refractivity contribution is 0.196. The third-order valence-electron chi connectivity index (χ3n) is 2.45. The van der Waals surface area contributed by atoms with Crippen LogP contribution in [0.3, 0.4) is 0 Å². The zero-order valence-corrected chi connectivity index (χ0v) is 9.57. The van der Waals surface area contributed by atoms with Gasteiger partial charge in [0.05, 0.1) is 0 Å². The molecule has 0 atom stereocenters. The smallest absolute Gasteiger partial charge is 0.0479 e. The van der Waals surface area contributed by atoms with Gasteiger partial charge in [-0.3, -0.25) is 0 Å². The van der Waals surface area contributed by atoms with Crippen molar-refractivity contribution in [2.75, 3.05) is 32.2 Å². The van der Waals surface area contributed by atoms with Crippen molar-refractivity contribution in [2.45, 2.75) is 13.0 Å². The van der Waals surface area contributed by atoms with Crippen molar-refractivity contribution in [3.05, 3.63) is 29.8 Å². The van der Waals surface area contributed by atoms with E-state index in [9.17, 15) is 0 Å². The number of rotatable bonds is 6. The van der Waals surface area contributed by atoms with Gasteiger partial charge in [0.1, 0.15) is 0 Å². The number of methoxy groups -OCH3 is 1. The summed E-state index contributed by atoms with van der Waals surface area (Å²) in [7, 11) is 3.82. The summed E-state index contributed by atoms with van der Waals surface area (Å²) in [5.41, 5.74) is 7.94. The van der Waals surface area contributed by atoms with E-state index in [2.05, 4.69) is 36.2 Å². The zero-order chi connectivity index (χ0) is 11.1. The van der Waals surface area contributed by atoms with Crippen LogP contribution in [0.15, 0.2) is 24.3 Å². The van der Waals surface area contributed by atoms with E-state index >= 15 is 0 Å². The van der Waals surface area contributed by atoms with Crippen molar-refractivity contribution >= 4 is 5.69 Å². The zero-order valence-electron chi connectivity index (χ0n) is 9.57. The summed E-state index contributed by atoms with van der Waals surface area (Å²) in [4.78, 5) is 2.22. The molecule has 1 rings (SSSR count). The van der Waals surface area contributed by atoms with Crippen LogP contribution in [-0.4, -0.2) is 27.3 Å². The number of ether oxygens (including phenoxy) is 1. The Morgan fingerprint density at radius 3 is 2.47 bits per heavy atom. The van der Waals surface area contributed by atoms with Gasteiger partial charge in [-0.05, 0) is 24.1 Å². The summed E-state index contributed by atoms with van der Waals surface area (Å²) in [6.45, 7) is 2.43. The minimum atomic E-state index is 0.605.